The molecule has 0 unspecified atom stereocenters. The van der Waals surface area contributed by atoms with Crippen LogP contribution in [0.4, 0.5) is 13.2 Å². The first-order chi connectivity index (χ1) is 12.3. The lowest BCUT2D eigenvalue weighted by Gasteiger charge is -2.17. The molecule has 1 fully saturated rings. The highest BCUT2D eigenvalue weighted by Gasteiger charge is 2.38. The third kappa shape index (κ3) is 6.39. The van der Waals surface area contributed by atoms with Gasteiger partial charge in [-0.15, -0.1) is 0 Å². The maximum atomic E-state index is 10.6. The first-order valence-electron chi connectivity index (χ1n) is 7.82. The number of aliphatic carboxylic acids is 1. The average Bonchev–Trinajstić information content (AvgIpc) is 3.19. The molecule has 0 atom stereocenters. The molecule has 11 heteroatoms. The number of thiophene rings is 1. The molecule has 2 aromatic rings. The fourth-order valence-electron chi connectivity index (χ4n) is 2.28. The summed E-state index contributed by atoms with van der Waals surface area (Å²) in [5.74, 6) is -1.35. The first kappa shape index (κ1) is 20.3. The second kappa shape index (κ2) is 9.10. The van der Waals surface area contributed by atoms with Gasteiger partial charge in [-0.1, -0.05) is 5.16 Å². The van der Waals surface area contributed by atoms with Gasteiger partial charge in [-0.05, 0) is 38.0 Å². The summed E-state index contributed by atoms with van der Waals surface area (Å²) in [5, 5.41) is 15.2. The summed E-state index contributed by atoms with van der Waals surface area (Å²) in [5.41, 5.74) is 1.04. The zero-order valence-electron chi connectivity index (χ0n) is 14.1. The van der Waals surface area contributed by atoms with Crippen molar-refractivity contribution in [3.8, 4) is 11.4 Å². The van der Waals surface area contributed by atoms with E-state index in [1.807, 2.05) is 16.8 Å². The molecule has 1 aliphatic rings. The smallest absolute Gasteiger partial charge is 0.475 e. The second-order valence-electron chi connectivity index (χ2n) is 5.76. The van der Waals surface area contributed by atoms with E-state index in [0.717, 1.165) is 31.7 Å². The van der Waals surface area contributed by atoms with E-state index in [1.165, 1.54) is 13.0 Å². The van der Waals surface area contributed by atoms with Gasteiger partial charge in [-0.25, -0.2) is 4.79 Å². The van der Waals surface area contributed by atoms with E-state index in [0.29, 0.717) is 11.7 Å². The molecule has 1 aliphatic heterocycles. The number of rotatable bonds is 3. The first-order valence-corrected chi connectivity index (χ1v) is 8.76. The topological polar surface area (TPSA) is 82.7 Å². The van der Waals surface area contributed by atoms with Crippen LogP contribution in [-0.4, -0.2) is 70.4 Å². The van der Waals surface area contributed by atoms with Crippen LogP contribution in [0.2, 0.25) is 0 Å². The number of hydrogen-bond donors (Lipinski definition) is 1. The molecule has 3 rings (SSSR count). The van der Waals surface area contributed by atoms with E-state index < -0.39 is 12.1 Å². The summed E-state index contributed by atoms with van der Waals surface area (Å²) in [7, 11) is 2.17. The summed E-state index contributed by atoms with van der Waals surface area (Å²) < 4.78 is 37.1. The van der Waals surface area contributed by atoms with Crippen molar-refractivity contribution < 1.29 is 27.6 Å². The van der Waals surface area contributed by atoms with Gasteiger partial charge >= 0.3 is 12.1 Å². The molecule has 0 aromatic carbocycles. The summed E-state index contributed by atoms with van der Waals surface area (Å²) in [4.78, 5) is 18.1. The van der Waals surface area contributed by atoms with E-state index in [-0.39, 0.29) is 0 Å². The van der Waals surface area contributed by atoms with Gasteiger partial charge in [0.25, 0.3) is 0 Å². The summed E-state index contributed by atoms with van der Waals surface area (Å²) in [6, 6.07) is 2.01. The largest absolute Gasteiger partial charge is 0.490 e. The third-order valence-corrected chi connectivity index (χ3v) is 4.34. The van der Waals surface area contributed by atoms with Gasteiger partial charge in [0, 0.05) is 24.0 Å². The Bertz CT molecular complexity index is 691. The van der Waals surface area contributed by atoms with Crippen molar-refractivity contribution in [2.45, 2.75) is 19.1 Å². The summed E-state index contributed by atoms with van der Waals surface area (Å²) in [6.07, 6.45) is -3.89. The van der Waals surface area contributed by atoms with Gasteiger partial charge in [0.15, 0.2) is 0 Å². The van der Waals surface area contributed by atoms with E-state index in [2.05, 4.69) is 27.0 Å². The predicted molar refractivity (Wildman–Crippen MR) is 88.7 cm³/mol. The number of nitrogens with zero attached hydrogens (tertiary/aromatic N) is 4. The molecule has 26 heavy (non-hydrogen) atoms. The molecule has 0 saturated carbocycles. The van der Waals surface area contributed by atoms with E-state index in [4.69, 9.17) is 14.4 Å². The van der Waals surface area contributed by atoms with Gasteiger partial charge < -0.3 is 14.5 Å². The molecule has 1 N–H and O–H groups in total. The van der Waals surface area contributed by atoms with Gasteiger partial charge in [0.05, 0.1) is 6.54 Å². The fourth-order valence-corrected chi connectivity index (χ4v) is 2.91. The van der Waals surface area contributed by atoms with Crippen LogP contribution in [-0.2, 0) is 11.3 Å². The molecule has 0 spiro atoms. The lowest BCUT2D eigenvalue weighted by atomic mass is 10.3. The molecule has 7 nitrogen and oxygen atoms in total. The van der Waals surface area contributed by atoms with Crippen LogP contribution in [0.3, 0.4) is 0 Å². The highest BCUT2D eigenvalue weighted by molar-refractivity contribution is 7.08. The zero-order valence-corrected chi connectivity index (χ0v) is 14.9. The standard InChI is InChI=1S/C13H18N4OS.C2HF3O2/c1-16-4-2-5-17(7-6-16)9-12-14-13(15-18-12)11-3-8-19-10-11;3-2(4,5)1(6)7/h3,8,10H,2,4-7,9H2,1H3;(H,6,7). The van der Waals surface area contributed by atoms with E-state index in [9.17, 15) is 13.2 Å². The molecule has 144 valence electrons. The fraction of sp³-hybridized carbons (Fsp3) is 0.533. The average molecular weight is 392 g/mol. The Hall–Kier alpha value is -1.98. The molecule has 2 aromatic heterocycles. The highest BCUT2D eigenvalue weighted by Crippen LogP contribution is 2.19. The maximum Gasteiger partial charge on any atom is 0.490 e. The number of halogens is 3. The summed E-state index contributed by atoms with van der Waals surface area (Å²) >= 11 is 1.64. The Balaban J connectivity index is 0.000000298. The monoisotopic (exact) mass is 392 g/mol. The summed E-state index contributed by atoms with van der Waals surface area (Å²) in [6.45, 7) is 5.18. The molecular weight excluding hydrogens is 373 g/mol. The number of carbonyl (C=O) groups is 1. The molecular formula is C15H19F3N4O3S. The lowest BCUT2D eigenvalue weighted by Crippen LogP contribution is -2.28. The molecule has 0 aliphatic carbocycles. The number of alkyl halides is 3. The zero-order chi connectivity index (χ0) is 19.2. The minimum atomic E-state index is -5.08. The Morgan fingerprint density at radius 1 is 1.35 bits per heavy atom. The quantitative estimate of drug-likeness (QED) is 0.860. The molecule has 3 heterocycles. The number of carboxylic acids is 1. The second-order valence-corrected chi connectivity index (χ2v) is 6.54. The molecule has 0 bridgehead atoms. The Morgan fingerprint density at radius 3 is 2.69 bits per heavy atom. The van der Waals surface area contributed by atoms with Crippen LogP contribution in [0.5, 0.6) is 0 Å². The van der Waals surface area contributed by atoms with Crippen molar-refractivity contribution in [3.63, 3.8) is 0 Å². The van der Waals surface area contributed by atoms with Crippen molar-refractivity contribution in [1.29, 1.82) is 0 Å². The number of likely N-dealkylation sites (N-methyl/N-ethyl adjacent to an activating group) is 1. The van der Waals surface area contributed by atoms with Gasteiger partial charge in [0.2, 0.25) is 11.7 Å². The van der Waals surface area contributed by atoms with Crippen molar-refractivity contribution >= 4 is 17.3 Å². The van der Waals surface area contributed by atoms with Crippen LogP contribution >= 0.6 is 11.3 Å². The normalized spacial score (nSPS) is 16.6. The van der Waals surface area contributed by atoms with Crippen LogP contribution in [0, 0.1) is 0 Å². The van der Waals surface area contributed by atoms with Crippen LogP contribution in [0.1, 0.15) is 12.3 Å². The van der Waals surface area contributed by atoms with E-state index >= 15 is 0 Å². The van der Waals surface area contributed by atoms with Gasteiger partial charge in [-0.2, -0.15) is 29.5 Å². The Morgan fingerprint density at radius 2 is 2.08 bits per heavy atom. The third-order valence-electron chi connectivity index (χ3n) is 3.66. The Kier molecular flexibility index (Phi) is 7.12. The minimum Gasteiger partial charge on any atom is -0.475 e. The van der Waals surface area contributed by atoms with Crippen LogP contribution in [0.25, 0.3) is 11.4 Å². The Labute approximate surface area is 152 Å². The van der Waals surface area contributed by atoms with Crippen molar-refractivity contribution in [2.24, 2.45) is 0 Å². The number of hydrogen-bond acceptors (Lipinski definition) is 7. The number of carboxylic acid groups (broad SMARTS) is 1. The van der Waals surface area contributed by atoms with Crippen molar-refractivity contribution in [2.75, 3.05) is 33.2 Å². The number of aromatic nitrogens is 2. The van der Waals surface area contributed by atoms with Gasteiger partial charge in [-0.3, -0.25) is 4.90 Å². The van der Waals surface area contributed by atoms with E-state index in [1.54, 1.807) is 11.3 Å². The highest BCUT2D eigenvalue weighted by atomic mass is 32.1. The molecule has 0 amide bonds. The minimum absolute atomic E-state index is 0.697. The van der Waals surface area contributed by atoms with Crippen molar-refractivity contribution in [1.82, 2.24) is 19.9 Å². The van der Waals surface area contributed by atoms with Gasteiger partial charge in [0.1, 0.15) is 0 Å². The lowest BCUT2D eigenvalue weighted by molar-refractivity contribution is -0.192. The predicted octanol–water partition coefficient (Wildman–Crippen LogP) is 2.57. The van der Waals surface area contributed by atoms with Crippen LogP contribution < -0.4 is 0 Å². The molecule has 1 saturated heterocycles. The maximum absolute atomic E-state index is 10.6. The van der Waals surface area contributed by atoms with Crippen molar-refractivity contribution in [3.05, 3.63) is 22.7 Å². The SMILES string of the molecule is CN1CCCN(Cc2nc(-c3ccsc3)no2)CC1.O=C(O)C(F)(F)F. The van der Waals surface area contributed by atoms with Crippen LogP contribution in [0.15, 0.2) is 21.3 Å². The molecule has 0 radical (unpaired) electrons.